The highest BCUT2D eigenvalue weighted by Crippen LogP contribution is 2.36. The summed E-state index contributed by atoms with van der Waals surface area (Å²) >= 11 is 0. The van der Waals surface area contributed by atoms with E-state index in [-0.39, 0.29) is 5.41 Å². The minimum Gasteiger partial charge on any atom is -0.501 e. The van der Waals surface area contributed by atoms with E-state index in [0.717, 1.165) is 31.8 Å². The molecule has 0 saturated heterocycles. The molecule has 0 radical (unpaired) electrons. The van der Waals surface area contributed by atoms with E-state index in [1.165, 1.54) is 57.8 Å². The summed E-state index contributed by atoms with van der Waals surface area (Å²) in [6.45, 7) is 8.11. The van der Waals surface area contributed by atoms with Crippen LogP contribution in [0.1, 0.15) is 91.4 Å². The molecule has 2 heteroatoms. The predicted octanol–water partition coefficient (Wildman–Crippen LogP) is 7.32. The predicted molar refractivity (Wildman–Crippen MR) is 109 cm³/mol. The smallest absolute Gasteiger partial charge is 0.0971 e. The second kappa shape index (κ2) is 14.0. The van der Waals surface area contributed by atoms with Crippen molar-refractivity contribution in [2.45, 2.75) is 91.4 Å². The van der Waals surface area contributed by atoms with Gasteiger partial charge in [0.1, 0.15) is 0 Å². The third kappa shape index (κ3) is 9.77. The van der Waals surface area contributed by atoms with Gasteiger partial charge in [-0.15, -0.1) is 0 Å². The van der Waals surface area contributed by atoms with Gasteiger partial charge in [-0.2, -0.15) is 0 Å². The molecule has 0 aromatic carbocycles. The van der Waals surface area contributed by atoms with Crippen molar-refractivity contribution in [3.63, 3.8) is 0 Å². The summed E-state index contributed by atoms with van der Waals surface area (Å²) < 4.78 is 11.4. The zero-order chi connectivity index (χ0) is 18.2. The fourth-order valence-corrected chi connectivity index (χ4v) is 3.30. The van der Waals surface area contributed by atoms with Crippen molar-refractivity contribution in [3.05, 3.63) is 36.3 Å². The Morgan fingerprint density at radius 1 is 0.960 bits per heavy atom. The van der Waals surface area contributed by atoms with Crippen LogP contribution >= 0.6 is 0 Å². The first-order valence-electron chi connectivity index (χ1n) is 10.6. The van der Waals surface area contributed by atoms with E-state index >= 15 is 0 Å². The largest absolute Gasteiger partial charge is 0.501 e. The minimum absolute atomic E-state index is 0.0533. The minimum atomic E-state index is 0.0533. The summed E-state index contributed by atoms with van der Waals surface area (Å²) in [5.41, 5.74) is 0.0533. The van der Waals surface area contributed by atoms with Crippen LogP contribution in [0.4, 0.5) is 0 Å². The maximum absolute atomic E-state index is 5.74. The summed E-state index contributed by atoms with van der Waals surface area (Å²) in [6.07, 6.45) is 24.7. The molecule has 0 bridgehead atoms. The Hall–Kier alpha value is -1.18. The first-order chi connectivity index (χ1) is 12.3. The molecule has 0 heterocycles. The van der Waals surface area contributed by atoms with E-state index in [9.17, 15) is 0 Å². The summed E-state index contributed by atoms with van der Waals surface area (Å²) in [6, 6.07) is 0. The van der Waals surface area contributed by atoms with Crippen LogP contribution < -0.4 is 0 Å². The monoisotopic (exact) mass is 348 g/mol. The Morgan fingerprint density at radius 2 is 1.64 bits per heavy atom. The molecule has 1 aliphatic carbocycles. The zero-order valence-electron chi connectivity index (χ0n) is 16.9. The summed E-state index contributed by atoms with van der Waals surface area (Å²) in [7, 11) is 0. The normalized spacial score (nSPS) is 20.0. The molecule has 0 spiro atoms. The molecule has 0 aromatic rings. The average molecular weight is 349 g/mol. The molecule has 1 atom stereocenters. The molecular weight excluding hydrogens is 308 g/mol. The van der Waals surface area contributed by atoms with Gasteiger partial charge in [-0.25, -0.2) is 0 Å². The van der Waals surface area contributed by atoms with E-state index in [0.29, 0.717) is 0 Å². The molecule has 144 valence electrons. The van der Waals surface area contributed by atoms with Gasteiger partial charge in [-0.05, 0) is 31.9 Å². The maximum Gasteiger partial charge on any atom is 0.0971 e. The quantitative estimate of drug-likeness (QED) is 0.228. The molecule has 1 aliphatic rings. The number of unbranched alkanes of at least 4 members (excludes halogenated alkanes) is 8. The third-order valence-corrected chi connectivity index (χ3v) is 5.06. The van der Waals surface area contributed by atoms with Gasteiger partial charge in [0.05, 0.1) is 25.2 Å². The molecule has 0 fully saturated rings. The van der Waals surface area contributed by atoms with Crippen LogP contribution in [0.5, 0.6) is 0 Å². The van der Waals surface area contributed by atoms with Crippen LogP contribution in [0.3, 0.4) is 0 Å². The first-order valence-corrected chi connectivity index (χ1v) is 10.6. The number of allylic oxidation sites excluding steroid dienone is 5. The lowest BCUT2D eigenvalue weighted by molar-refractivity contribution is 0.194. The van der Waals surface area contributed by atoms with Crippen molar-refractivity contribution in [2.24, 2.45) is 5.41 Å². The van der Waals surface area contributed by atoms with Crippen LogP contribution in [0.25, 0.3) is 0 Å². The lowest BCUT2D eigenvalue weighted by Gasteiger charge is -2.29. The SMILES string of the molecule is CCCCCCCCCCCOC=CC1(CC)C=CC=C(OCC)C1. The molecule has 0 saturated carbocycles. The van der Waals surface area contributed by atoms with Crippen LogP contribution in [0, 0.1) is 5.41 Å². The Kier molecular flexibility index (Phi) is 12.3. The Morgan fingerprint density at radius 3 is 2.28 bits per heavy atom. The van der Waals surface area contributed by atoms with Crippen molar-refractivity contribution < 1.29 is 9.47 Å². The van der Waals surface area contributed by atoms with Gasteiger partial charge < -0.3 is 9.47 Å². The highest BCUT2D eigenvalue weighted by Gasteiger charge is 2.26. The molecule has 0 amide bonds. The van der Waals surface area contributed by atoms with Crippen LogP contribution in [-0.2, 0) is 9.47 Å². The molecule has 0 aliphatic heterocycles. The first kappa shape index (κ1) is 21.9. The molecule has 25 heavy (non-hydrogen) atoms. The highest BCUT2D eigenvalue weighted by atomic mass is 16.5. The van der Waals surface area contributed by atoms with E-state index < -0.39 is 0 Å². The van der Waals surface area contributed by atoms with Crippen molar-refractivity contribution in [1.82, 2.24) is 0 Å². The summed E-state index contributed by atoms with van der Waals surface area (Å²) in [5.74, 6) is 1.08. The van der Waals surface area contributed by atoms with E-state index in [1.807, 2.05) is 13.2 Å². The van der Waals surface area contributed by atoms with E-state index in [2.05, 4.69) is 38.2 Å². The fourth-order valence-electron chi connectivity index (χ4n) is 3.30. The molecule has 2 nitrogen and oxygen atoms in total. The average Bonchev–Trinajstić information content (AvgIpc) is 2.63. The van der Waals surface area contributed by atoms with E-state index in [1.54, 1.807) is 0 Å². The van der Waals surface area contributed by atoms with Crippen molar-refractivity contribution in [3.8, 4) is 0 Å². The fraction of sp³-hybridized carbons (Fsp3) is 0.739. The summed E-state index contributed by atoms with van der Waals surface area (Å²) in [4.78, 5) is 0. The van der Waals surface area contributed by atoms with Crippen molar-refractivity contribution in [1.29, 1.82) is 0 Å². The van der Waals surface area contributed by atoms with Gasteiger partial charge in [0.25, 0.3) is 0 Å². The van der Waals surface area contributed by atoms with Crippen molar-refractivity contribution >= 4 is 0 Å². The topological polar surface area (TPSA) is 18.5 Å². The van der Waals surface area contributed by atoms with Crippen LogP contribution in [-0.4, -0.2) is 13.2 Å². The standard InChI is InChI=1S/C23H40O2/c1-4-7-8-9-10-11-12-13-14-19-24-20-18-23(5-2)17-15-16-22(21-23)25-6-3/h15-18,20H,4-14,19,21H2,1-3H3. The molecule has 0 aromatic heterocycles. The Balaban J connectivity index is 2.10. The van der Waals surface area contributed by atoms with Gasteiger partial charge in [0.15, 0.2) is 0 Å². The second-order valence-corrected chi connectivity index (χ2v) is 7.19. The number of hydrogen-bond acceptors (Lipinski definition) is 2. The number of rotatable bonds is 15. The second-order valence-electron chi connectivity index (χ2n) is 7.19. The van der Waals surface area contributed by atoms with E-state index in [4.69, 9.17) is 9.47 Å². The van der Waals surface area contributed by atoms with Gasteiger partial charge >= 0.3 is 0 Å². The molecular formula is C23H40O2. The zero-order valence-corrected chi connectivity index (χ0v) is 16.9. The Labute approximate surface area is 156 Å². The summed E-state index contributed by atoms with van der Waals surface area (Å²) in [5, 5.41) is 0. The van der Waals surface area contributed by atoms with Gasteiger partial charge in [-0.1, -0.05) is 77.4 Å². The third-order valence-electron chi connectivity index (χ3n) is 5.06. The van der Waals surface area contributed by atoms with Gasteiger partial charge in [0, 0.05) is 11.8 Å². The number of ether oxygens (including phenoxy) is 2. The lowest BCUT2D eigenvalue weighted by atomic mass is 9.78. The highest BCUT2D eigenvalue weighted by molar-refractivity contribution is 5.25. The maximum atomic E-state index is 5.74. The van der Waals surface area contributed by atoms with Gasteiger partial charge in [-0.3, -0.25) is 0 Å². The van der Waals surface area contributed by atoms with Crippen LogP contribution in [0.15, 0.2) is 36.3 Å². The number of hydrogen-bond donors (Lipinski definition) is 0. The van der Waals surface area contributed by atoms with Gasteiger partial charge in [0.2, 0.25) is 0 Å². The Bertz CT molecular complexity index is 408. The lowest BCUT2D eigenvalue weighted by Crippen LogP contribution is -2.18. The molecule has 1 unspecified atom stereocenters. The van der Waals surface area contributed by atoms with Crippen LogP contribution in [0.2, 0.25) is 0 Å². The molecule has 1 rings (SSSR count). The molecule has 0 N–H and O–H groups in total. The van der Waals surface area contributed by atoms with Crippen molar-refractivity contribution in [2.75, 3.05) is 13.2 Å².